The van der Waals surface area contributed by atoms with Gasteiger partial charge in [0, 0.05) is 31.0 Å². The molecule has 0 radical (unpaired) electrons. The molecule has 0 bridgehead atoms. The molecule has 2 aromatic heterocycles. The molecule has 0 saturated carbocycles. The smallest absolute Gasteiger partial charge is 0.303 e. The molecule has 1 aliphatic rings. The highest BCUT2D eigenvalue weighted by molar-refractivity contribution is 5.83. The number of aliphatic carboxylic acids is 1. The van der Waals surface area contributed by atoms with Crippen LogP contribution in [-0.4, -0.2) is 47.7 Å². The fourth-order valence-corrected chi connectivity index (χ4v) is 5.21. The zero-order valence-electron chi connectivity index (χ0n) is 19.4. The second-order valence-electron chi connectivity index (χ2n) is 9.14. The van der Waals surface area contributed by atoms with Crippen LogP contribution in [0, 0.1) is 11.8 Å². The molecule has 1 saturated heterocycles. The molecule has 0 amide bonds. The fraction of sp³-hybridized carbons (Fsp3) is 0.481. The third-order valence-corrected chi connectivity index (χ3v) is 6.95. The summed E-state index contributed by atoms with van der Waals surface area (Å²) in [5, 5.41) is 10.6. The van der Waals surface area contributed by atoms with Crippen LogP contribution in [-0.2, 0) is 17.6 Å². The second kappa shape index (κ2) is 11.3. The van der Waals surface area contributed by atoms with Crippen molar-refractivity contribution < 1.29 is 19.1 Å². The number of aromatic nitrogens is 1. The Morgan fingerprint density at radius 1 is 1.21 bits per heavy atom. The standard InChI is InChI=1S/C27H34N2O4/c1-32-24-9-10-26-25(18-24)21(11-13-28-26)6-2-5-20-12-15-29(19-22(20)17-27(30)31)14-3-7-23-8-4-16-33-23/h4,8-11,13,16,18,20,22H,2-3,5-7,12,14-15,17,19H2,1H3,(H,30,31). The van der Waals surface area contributed by atoms with E-state index in [4.69, 9.17) is 9.15 Å². The number of nitrogens with zero attached hydrogens (tertiary/aromatic N) is 2. The summed E-state index contributed by atoms with van der Waals surface area (Å²) in [5.41, 5.74) is 2.27. The zero-order chi connectivity index (χ0) is 23.0. The Balaban J connectivity index is 1.31. The van der Waals surface area contributed by atoms with Crippen LogP contribution in [0.25, 0.3) is 10.9 Å². The molecular weight excluding hydrogens is 416 g/mol. The van der Waals surface area contributed by atoms with E-state index in [-0.39, 0.29) is 12.3 Å². The molecule has 3 heterocycles. The van der Waals surface area contributed by atoms with E-state index in [0.29, 0.717) is 5.92 Å². The molecular formula is C27H34N2O4. The predicted molar refractivity (Wildman–Crippen MR) is 129 cm³/mol. The second-order valence-corrected chi connectivity index (χ2v) is 9.14. The van der Waals surface area contributed by atoms with Gasteiger partial charge in [-0.1, -0.05) is 0 Å². The Hall–Kier alpha value is -2.86. The van der Waals surface area contributed by atoms with Crippen molar-refractivity contribution in [3.05, 3.63) is 60.2 Å². The van der Waals surface area contributed by atoms with E-state index in [1.165, 1.54) is 5.56 Å². The summed E-state index contributed by atoms with van der Waals surface area (Å²) in [6, 6.07) is 12.0. The highest BCUT2D eigenvalue weighted by Crippen LogP contribution is 2.32. The number of carboxylic acid groups (broad SMARTS) is 1. The average Bonchev–Trinajstić information content (AvgIpc) is 3.33. The van der Waals surface area contributed by atoms with E-state index in [1.54, 1.807) is 13.4 Å². The van der Waals surface area contributed by atoms with Crippen molar-refractivity contribution in [1.82, 2.24) is 9.88 Å². The summed E-state index contributed by atoms with van der Waals surface area (Å²) in [5.74, 6) is 1.86. The van der Waals surface area contributed by atoms with Gasteiger partial charge >= 0.3 is 5.97 Å². The number of carbonyl (C=O) groups is 1. The summed E-state index contributed by atoms with van der Waals surface area (Å²) >= 11 is 0. The van der Waals surface area contributed by atoms with Crippen LogP contribution < -0.4 is 4.74 Å². The lowest BCUT2D eigenvalue weighted by Crippen LogP contribution is -2.41. The number of piperidine rings is 1. The SMILES string of the molecule is COc1ccc2nccc(CCCC3CCN(CCCc4ccco4)CC3CC(=O)O)c2c1. The van der Waals surface area contributed by atoms with Crippen LogP contribution in [0.5, 0.6) is 5.75 Å². The largest absolute Gasteiger partial charge is 0.497 e. The Bertz CT molecular complexity index is 1030. The van der Waals surface area contributed by atoms with Gasteiger partial charge in [0.2, 0.25) is 0 Å². The maximum atomic E-state index is 11.5. The summed E-state index contributed by atoms with van der Waals surface area (Å²) in [7, 11) is 1.68. The van der Waals surface area contributed by atoms with Gasteiger partial charge in [0.25, 0.3) is 0 Å². The first-order valence-electron chi connectivity index (χ1n) is 12.0. The van der Waals surface area contributed by atoms with Crippen LogP contribution in [0.1, 0.15) is 43.4 Å². The zero-order valence-corrected chi connectivity index (χ0v) is 19.4. The number of benzene rings is 1. The van der Waals surface area contributed by atoms with Crippen LogP contribution in [0.15, 0.2) is 53.3 Å². The first kappa shape index (κ1) is 23.3. The fourth-order valence-electron chi connectivity index (χ4n) is 5.21. The van der Waals surface area contributed by atoms with Crippen molar-refractivity contribution in [3.63, 3.8) is 0 Å². The van der Waals surface area contributed by atoms with E-state index in [0.717, 1.165) is 80.6 Å². The van der Waals surface area contributed by atoms with Gasteiger partial charge in [-0.05, 0) is 99.0 Å². The number of aryl methyl sites for hydroxylation is 2. The molecule has 1 aliphatic heterocycles. The van der Waals surface area contributed by atoms with Crippen LogP contribution in [0.4, 0.5) is 0 Å². The molecule has 33 heavy (non-hydrogen) atoms. The van der Waals surface area contributed by atoms with Crippen molar-refractivity contribution in [2.75, 3.05) is 26.7 Å². The number of methoxy groups -OCH3 is 1. The lowest BCUT2D eigenvalue weighted by atomic mass is 9.79. The van der Waals surface area contributed by atoms with Crippen LogP contribution in [0.3, 0.4) is 0 Å². The van der Waals surface area contributed by atoms with Gasteiger partial charge in [0.1, 0.15) is 11.5 Å². The molecule has 2 atom stereocenters. The first-order chi connectivity index (χ1) is 16.1. The number of fused-ring (bicyclic) bond motifs is 1. The molecule has 6 heteroatoms. The average molecular weight is 451 g/mol. The van der Waals surface area contributed by atoms with Crippen molar-refractivity contribution >= 4 is 16.9 Å². The summed E-state index contributed by atoms with van der Waals surface area (Å²) in [6.07, 6.45) is 9.97. The minimum Gasteiger partial charge on any atom is -0.497 e. The lowest BCUT2D eigenvalue weighted by molar-refractivity contribution is -0.139. The Labute approximate surface area is 195 Å². The third kappa shape index (κ3) is 6.35. The van der Waals surface area contributed by atoms with Gasteiger partial charge in [-0.2, -0.15) is 0 Å². The van der Waals surface area contributed by atoms with Gasteiger partial charge < -0.3 is 19.2 Å². The van der Waals surface area contributed by atoms with Gasteiger partial charge in [-0.15, -0.1) is 0 Å². The maximum Gasteiger partial charge on any atom is 0.303 e. The van der Waals surface area contributed by atoms with Crippen LogP contribution >= 0.6 is 0 Å². The predicted octanol–water partition coefficient (Wildman–Crippen LogP) is 5.20. The van der Waals surface area contributed by atoms with E-state index in [1.807, 2.05) is 30.5 Å². The molecule has 4 rings (SSSR count). The highest BCUT2D eigenvalue weighted by Gasteiger charge is 2.30. The first-order valence-corrected chi connectivity index (χ1v) is 12.0. The van der Waals surface area contributed by atoms with E-state index in [9.17, 15) is 9.90 Å². The number of furan rings is 1. The quantitative estimate of drug-likeness (QED) is 0.432. The molecule has 1 fully saturated rings. The highest BCUT2D eigenvalue weighted by atomic mass is 16.5. The lowest BCUT2D eigenvalue weighted by Gasteiger charge is -2.38. The number of carboxylic acids is 1. The molecule has 1 aromatic carbocycles. The number of rotatable bonds is 11. The monoisotopic (exact) mass is 450 g/mol. The Morgan fingerprint density at radius 2 is 2.12 bits per heavy atom. The summed E-state index contributed by atoms with van der Waals surface area (Å²) in [6.45, 7) is 2.92. The van der Waals surface area contributed by atoms with E-state index >= 15 is 0 Å². The minimum absolute atomic E-state index is 0.217. The minimum atomic E-state index is -0.686. The molecule has 3 aromatic rings. The maximum absolute atomic E-state index is 11.5. The van der Waals surface area contributed by atoms with Gasteiger partial charge in [-0.25, -0.2) is 0 Å². The normalized spacial score (nSPS) is 19.1. The van der Waals surface area contributed by atoms with Gasteiger partial charge in [-0.3, -0.25) is 9.78 Å². The molecule has 176 valence electrons. The number of likely N-dealkylation sites (tertiary alicyclic amines) is 1. The number of ether oxygens (including phenoxy) is 1. The van der Waals surface area contributed by atoms with Crippen molar-refractivity contribution in [3.8, 4) is 5.75 Å². The number of pyridine rings is 1. The van der Waals surface area contributed by atoms with Crippen molar-refractivity contribution in [2.45, 2.75) is 44.9 Å². The van der Waals surface area contributed by atoms with E-state index in [2.05, 4.69) is 22.0 Å². The Kier molecular flexibility index (Phi) is 8.00. The number of hydrogen-bond acceptors (Lipinski definition) is 5. The molecule has 2 unspecified atom stereocenters. The van der Waals surface area contributed by atoms with Gasteiger partial charge in [0.15, 0.2) is 0 Å². The van der Waals surface area contributed by atoms with Gasteiger partial charge in [0.05, 0.1) is 18.9 Å². The number of hydrogen-bond donors (Lipinski definition) is 1. The third-order valence-electron chi connectivity index (χ3n) is 6.95. The topological polar surface area (TPSA) is 75.8 Å². The molecule has 0 aliphatic carbocycles. The van der Waals surface area contributed by atoms with Crippen molar-refractivity contribution in [1.29, 1.82) is 0 Å². The molecule has 0 spiro atoms. The molecule has 1 N–H and O–H groups in total. The Morgan fingerprint density at radius 3 is 2.91 bits per heavy atom. The van der Waals surface area contributed by atoms with E-state index < -0.39 is 5.97 Å². The molecule has 6 nitrogen and oxygen atoms in total. The van der Waals surface area contributed by atoms with Crippen LogP contribution in [0.2, 0.25) is 0 Å². The summed E-state index contributed by atoms with van der Waals surface area (Å²) in [4.78, 5) is 18.5. The summed E-state index contributed by atoms with van der Waals surface area (Å²) < 4.78 is 10.8. The van der Waals surface area contributed by atoms with Crippen molar-refractivity contribution in [2.24, 2.45) is 11.8 Å².